The Morgan fingerprint density at radius 2 is 1.67 bits per heavy atom. The minimum atomic E-state index is 0.742. The molecule has 74 valence electrons. The highest BCUT2D eigenvalue weighted by molar-refractivity contribution is 6.32. The molecule has 0 heterocycles. The van der Waals surface area contributed by atoms with Gasteiger partial charge in [-0.25, -0.2) is 0 Å². The molecule has 0 N–H and O–H groups in total. The van der Waals surface area contributed by atoms with Crippen molar-refractivity contribution in [2.75, 3.05) is 0 Å². The third-order valence-corrected chi connectivity index (χ3v) is 2.65. The second kappa shape index (κ2) is 4.33. The van der Waals surface area contributed by atoms with Gasteiger partial charge in [0, 0.05) is 5.02 Å². The van der Waals surface area contributed by atoms with Crippen LogP contribution >= 0.6 is 11.6 Å². The topological polar surface area (TPSA) is 0 Å². The van der Waals surface area contributed by atoms with E-state index in [1.807, 2.05) is 30.3 Å². The monoisotopic (exact) mass is 214 g/mol. The molecule has 2 rings (SSSR count). The van der Waals surface area contributed by atoms with Crippen LogP contribution in [0.25, 0.3) is 17.2 Å². The third kappa shape index (κ3) is 2.11. The third-order valence-electron chi connectivity index (χ3n) is 2.33. The normalized spacial score (nSPS) is 9.93. The molecule has 0 amide bonds. The van der Waals surface area contributed by atoms with Crippen LogP contribution in [-0.2, 0) is 0 Å². The van der Waals surface area contributed by atoms with E-state index < -0.39 is 0 Å². The molecule has 0 nitrogen and oxygen atoms in total. The fraction of sp³-hybridized carbons (Fsp3) is 0. The van der Waals surface area contributed by atoms with Gasteiger partial charge >= 0.3 is 0 Å². The Bertz CT molecular complexity index is 472. The van der Waals surface area contributed by atoms with Gasteiger partial charge in [0.15, 0.2) is 0 Å². The number of hydrogen-bond donors (Lipinski definition) is 0. The Morgan fingerprint density at radius 1 is 0.933 bits per heavy atom. The first-order valence-corrected chi connectivity index (χ1v) is 5.16. The summed E-state index contributed by atoms with van der Waals surface area (Å²) in [6, 6.07) is 16.2. The minimum absolute atomic E-state index is 0.742. The second-order valence-corrected chi connectivity index (χ2v) is 3.71. The fourth-order valence-electron chi connectivity index (χ4n) is 1.50. The van der Waals surface area contributed by atoms with E-state index in [0.29, 0.717) is 0 Å². The van der Waals surface area contributed by atoms with E-state index in [9.17, 15) is 0 Å². The first-order valence-electron chi connectivity index (χ1n) is 4.78. The van der Waals surface area contributed by atoms with Crippen LogP contribution in [0.4, 0.5) is 0 Å². The largest absolute Gasteiger partial charge is 0.0984 e. The summed E-state index contributed by atoms with van der Waals surface area (Å²) in [5, 5.41) is 0.742. The van der Waals surface area contributed by atoms with Crippen LogP contribution in [0.1, 0.15) is 5.56 Å². The molecular formula is C14H11Cl. The Labute approximate surface area is 94.8 Å². The number of halogens is 1. The highest BCUT2D eigenvalue weighted by Crippen LogP contribution is 2.25. The zero-order valence-corrected chi connectivity index (χ0v) is 9.04. The number of rotatable bonds is 2. The van der Waals surface area contributed by atoms with Gasteiger partial charge in [0.25, 0.3) is 0 Å². The molecule has 0 spiro atoms. The van der Waals surface area contributed by atoms with E-state index in [1.54, 1.807) is 6.08 Å². The van der Waals surface area contributed by atoms with Gasteiger partial charge in [0.05, 0.1) is 0 Å². The lowest BCUT2D eigenvalue weighted by molar-refractivity contribution is 1.60. The van der Waals surface area contributed by atoms with Crippen molar-refractivity contribution >= 4 is 17.7 Å². The summed E-state index contributed by atoms with van der Waals surface area (Å²) in [4.78, 5) is 0. The van der Waals surface area contributed by atoms with Crippen LogP contribution in [0.3, 0.4) is 0 Å². The van der Waals surface area contributed by atoms with Crippen molar-refractivity contribution in [2.45, 2.75) is 0 Å². The number of hydrogen-bond acceptors (Lipinski definition) is 0. The van der Waals surface area contributed by atoms with Crippen molar-refractivity contribution in [3.05, 3.63) is 65.7 Å². The maximum atomic E-state index is 6.11. The van der Waals surface area contributed by atoms with Crippen molar-refractivity contribution in [3.63, 3.8) is 0 Å². The molecule has 2 aromatic rings. The van der Waals surface area contributed by atoms with Crippen LogP contribution in [0.2, 0.25) is 5.02 Å². The summed E-state index contributed by atoms with van der Waals surface area (Å²) >= 11 is 6.11. The van der Waals surface area contributed by atoms with E-state index >= 15 is 0 Å². The maximum Gasteiger partial charge on any atom is 0.0484 e. The van der Waals surface area contributed by atoms with Crippen molar-refractivity contribution in [1.29, 1.82) is 0 Å². The SMILES string of the molecule is C=Cc1ccc(-c2ccccc2)cc1Cl. The van der Waals surface area contributed by atoms with Gasteiger partial charge in [-0.3, -0.25) is 0 Å². The Morgan fingerprint density at radius 3 is 2.27 bits per heavy atom. The molecule has 0 fully saturated rings. The molecule has 0 aliphatic carbocycles. The Balaban J connectivity index is 2.47. The molecule has 0 aromatic heterocycles. The quantitative estimate of drug-likeness (QED) is 0.683. The standard InChI is InChI=1S/C14H11Cl/c1-2-11-8-9-13(10-14(11)15)12-6-4-3-5-7-12/h2-10H,1H2. The molecule has 0 radical (unpaired) electrons. The fourth-order valence-corrected chi connectivity index (χ4v) is 1.76. The molecule has 0 saturated carbocycles. The van der Waals surface area contributed by atoms with Crippen molar-refractivity contribution < 1.29 is 0 Å². The highest BCUT2D eigenvalue weighted by atomic mass is 35.5. The summed E-state index contributed by atoms with van der Waals surface area (Å²) < 4.78 is 0. The molecule has 0 unspecified atom stereocenters. The molecule has 1 heteroatoms. The molecule has 0 atom stereocenters. The van der Waals surface area contributed by atoms with Gasteiger partial charge in [0.2, 0.25) is 0 Å². The summed E-state index contributed by atoms with van der Waals surface area (Å²) in [6.45, 7) is 3.71. The number of benzene rings is 2. The van der Waals surface area contributed by atoms with Crippen molar-refractivity contribution in [3.8, 4) is 11.1 Å². The van der Waals surface area contributed by atoms with E-state index in [2.05, 4.69) is 24.8 Å². The first kappa shape index (κ1) is 10.0. The zero-order chi connectivity index (χ0) is 10.7. The molecular weight excluding hydrogens is 204 g/mol. The lowest BCUT2D eigenvalue weighted by atomic mass is 10.0. The zero-order valence-electron chi connectivity index (χ0n) is 8.28. The van der Waals surface area contributed by atoms with Gasteiger partial charge in [-0.05, 0) is 22.8 Å². The maximum absolute atomic E-state index is 6.11. The predicted molar refractivity (Wildman–Crippen MR) is 67.0 cm³/mol. The lowest BCUT2D eigenvalue weighted by Gasteiger charge is -2.04. The molecule has 0 bridgehead atoms. The predicted octanol–water partition coefficient (Wildman–Crippen LogP) is 4.65. The smallest absolute Gasteiger partial charge is 0.0484 e. The van der Waals surface area contributed by atoms with Gasteiger partial charge in [-0.1, -0.05) is 66.7 Å². The van der Waals surface area contributed by atoms with Crippen LogP contribution in [0.15, 0.2) is 55.1 Å². The molecule has 0 saturated heterocycles. The summed E-state index contributed by atoms with van der Waals surface area (Å²) in [5.74, 6) is 0. The summed E-state index contributed by atoms with van der Waals surface area (Å²) in [6.07, 6.45) is 1.76. The second-order valence-electron chi connectivity index (χ2n) is 3.31. The van der Waals surface area contributed by atoms with Crippen LogP contribution in [0.5, 0.6) is 0 Å². The van der Waals surface area contributed by atoms with E-state index in [4.69, 9.17) is 11.6 Å². The average Bonchev–Trinajstić information content (AvgIpc) is 2.30. The molecule has 0 aliphatic rings. The average molecular weight is 215 g/mol. The molecule has 15 heavy (non-hydrogen) atoms. The van der Waals surface area contributed by atoms with Gasteiger partial charge in [-0.15, -0.1) is 0 Å². The van der Waals surface area contributed by atoms with Gasteiger partial charge in [-0.2, -0.15) is 0 Å². The summed E-state index contributed by atoms with van der Waals surface area (Å²) in [5.41, 5.74) is 3.28. The van der Waals surface area contributed by atoms with Gasteiger partial charge in [0.1, 0.15) is 0 Å². The van der Waals surface area contributed by atoms with Crippen molar-refractivity contribution in [2.24, 2.45) is 0 Å². The molecule has 2 aromatic carbocycles. The van der Waals surface area contributed by atoms with E-state index in [0.717, 1.165) is 16.1 Å². The van der Waals surface area contributed by atoms with Crippen LogP contribution in [-0.4, -0.2) is 0 Å². The lowest BCUT2D eigenvalue weighted by Crippen LogP contribution is -1.79. The highest BCUT2D eigenvalue weighted by Gasteiger charge is 2.00. The Kier molecular flexibility index (Phi) is 2.89. The summed E-state index contributed by atoms with van der Waals surface area (Å²) in [7, 11) is 0. The minimum Gasteiger partial charge on any atom is -0.0984 e. The van der Waals surface area contributed by atoms with E-state index in [1.165, 1.54) is 5.56 Å². The van der Waals surface area contributed by atoms with Crippen LogP contribution in [0, 0.1) is 0 Å². The van der Waals surface area contributed by atoms with Crippen LogP contribution < -0.4 is 0 Å². The van der Waals surface area contributed by atoms with E-state index in [-0.39, 0.29) is 0 Å². The van der Waals surface area contributed by atoms with Crippen molar-refractivity contribution in [1.82, 2.24) is 0 Å². The molecule has 0 aliphatic heterocycles. The Hall–Kier alpha value is -1.53. The first-order chi connectivity index (χ1) is 7.31. The van der Waals surface area contributed by atoms with Gasteiger partial charge < -0.3 is 0 Å².